The topological polar surface area (TPSA) is 17.1 Å². The monoisotopic (exact) mass is 218 g/mol. The van der Waals surface area contributed by atoms with E-state index in [1.807, 2.05) is 12.1 Å². The molecule has 0 saturated carbocycles. The fraction of sp³-hybridized carbons (Fsp3) is 0.286. The Labute approximate surface area is 72.2 Å². The van der Waals surface area contributed by atoms with Crippen molar-refractivity contribution in [2.45, 2.75) is 12.3 Å². The summed E-state index contributed by atoms with van der Waals surface area (Å²) in [4.78, 5) is 12.8. The zero-order valence-corrected chi connectivity index (χ0v) is 7.96. The maximum Gasteiger partial charge on any atom is 0.169 e. The van der Waals surface area contributed by atoms with Gasteiger partial charge in [0, 0.05) is 10.2 Å². The molecule has 0 aliphatic rings. The molecule has 0 saturated heterocycles. The molecule has 0 spiro atoms. The molecule has 0 bridgehead atoms. The summed E-state index contributed by atoms with van der Waals surface area (Å²) < 4.78 is 0. The van der Waals surface area contributed by atoms with Gasteiger partial charge in [-0.15, -0.1) is 11.3 Å². The van der Waals surface area contributed by atoms with Gasteiger partial charge < -0.3 is 0 Å². The molecule has 1 nitrogen and oxygen atoms in total. The highest BCUT2D eigenvalue weighted by Crippen LogP contribution is 2.18. The predicted octanol–water partition coefficient (Wildman–Crippen LogP) is 2.85. The fourth-order valence-electron chi connectivity index (χ4n) is 0.639. The molecule has 1 rings (SSSR count). The molecule has 1 aromatic heterocycles. The Morgan fingerprint density at radius 2 is 2.40 bits per heavy atom. The van der Waals surface area contributed by atoms with Crippen LogP contribution in [0.3, 0.4) is 0 Å². The van der Waals surface area contributed by atoms with Gasteiger partial charge in [0.05, 0.1) is 4.88 Å². The summed E-state index contributed by atoms with van der Waals surface area (Å²) in [6, 6.07) is 3.83. The lowest BCUT2D eigenvalue weighted by molar-refractivity contribution is 0.102. The van der Waals surface area contributed by atoms with Crippen LogP contribution in [0.15, 0.2) is 12.1 Å². The highest BCUT2D eigenvalue weighted by atomic mass is 79.9. The average molecular weight is 219 g/mol. The minimum Gasteiger partial charge on any atom is -0.294 e. The van der Waals surface area contributed by atoms with E-state index in [1.54, 1.807) is 18.3 Å². The van der Waals surface area contributed by atoms with Gasteiger partial charge in [0.1, 0.15) is 0 Å². The van der Waals surface area contributed by atoms with Gasteiger partial charge in [-0.25, -0.2) is 0 Å². The Hall–Kier alpha value is -0.150. The number of hydrogen-bond donors (Lipinski definition) is 0. The molecule has 1 aromatic rings. The van der Waals surface area contributed by atoms with Crippen LogP contribution in [-0.4, -0.2) is 5.78 Å². The number of alkyl halides is 1. The number of hydrogen-bond acceptors (Lipinski definition) is 2. The van der Waals surface area contributed by atoms with Crippen LogP contribution in [-0.2, 0) is 5.33 Å². The lowest BCUT2D eigenvalue weighted by Gasteiger charge is -1.83. The van der Waals surface area contributed by atoms with E-state index in [4.69, 9.17) is 0 Å². The third kappa shape index (κ3) is 1.67. The lowest BCUT2D eigenvalue weighted by atomic mass is 10.3. The second kappa shape index (κ2) is 3.30. The van der Waals surface area contributed by atoms with Gasteiger partial charge in [-0.2, -0.15) is 0 Å². The van der Waals surface area contributed by atoms with Crippen LogP contribution in [0.5, 0.6) is 0 Å². The normalized spacial score (nSPS) is 9.80. The van der Waals surface area contributed by atoms with Crippen molar-refractivity contribution in [2.75, 3.05) is 0 Å². The van der Waals surface area contributed by atoms with Crippen LogP contribution in [0.25, 0.3) is 0 Å². The van der Waals surface area contributed by atoms with Gasteiger partial charge in [-0.1, -0.05) is 15.9 Å². The Kier molecular flexibility index (Phi) is 2.63. The van der Waals surface area contributed by atoms with Gasteiger partial charge in [0.2, 0.25) is 0 Å². The van der Waals surface area contributed by atoms with E-state index in [-0.39, 0.29) is 5.78 Å². The second-order valence-corrected chi connectivity index (χ2v) is 3.68. The number of carbonyl (C=O) groups excluding carboxylic acids is 1. The number of thiophene rings is 1. The van der Waals surface area contributed by atoms with Crippen molar-refractivity contribution < 1.29 is 4.79 Å². The van der Waals surface area contributed by atoms with Crippen molar-refractivity contribution in [1.82, 2.24) is 0 Å². The van der Waals surface area contributed by atoms with E-state index < -0.39 is 0 Å². The average Bonchev–Trinajstić information content (AvgIpc) is 2.34. The first-order valence-electron chi connectivity index (χ1n) is 2.89. The maximum absolute atomic E-state index is 10.8. The zero-order chi connectivity index (χ0) is 7.56. The van der Waals surface area contributed by atoms with E-state index in [2.05, 4.69) is 15.9 Å². The van der Waals surface area contributed by atoms with Crippen molar-refractivity contribution in [2.24, 2.45) is 0 Å². The van der Waals surface area contributed by atoms with Crippen molar-refractivity contribution in [3.8, 4) is 0 Å². The van der Waals surface area contributed by atoms with E-state index in [0.29, 0.717) is 0 Å². The second-order valence-electron chi connectivity index (χ2n) is 1.96. The van der Waals surface area contributed by atoms with E-state index in [0.717, 1.165) is 10.2 Å². The quantitative estimate of drug-likeness (QED) is 0.552. The third-order valence-corrected chi connectivity index (χ3v) is 3.30. The predicted molar refractivity (Wildman–Crippen MR) is 47.0 cm³/mol. The first-order chi connectivity index (χ1) is 4.74. The summed E-state index contributed by atoms with van der Waals surface area (Å²) in [5, 5.41) is 0.838. The summed E-state index contributed by atoms with van der Waals surface area (Å²) >= 11 is 4.86. The van der Waals surface area contributed by atoms with Crippen LogP contribution in [0.1, 0.15) is 21.5 Å². The molecule has 54 valence electrons. The van der Waals surface area contributed by atoms with Crippen LogP contribution < -0.4 is 0 Å². The van der Waals surface area contributed by atoms with Gasteiger partial charge in [0.15, 0.2) is 5.78 Å². The summed E-state index contributed by atoms with van der Waals surface area (Å²) in [7, 11) is 0. The summed E-state index contributed by atoms with van der Waals surface area (Å²) in [6.07, 6.45) is 0. The van der Waals surface area contributed by atoms with Crippen LogP contribution in [0, 0.1) is 0 Å². The molecule has 0 fully saturated rings. The molecular weight excluding hydrogens is 212 g/mol. The first kappa shape index (κ1) is 7.95. The van der Waals surface area contributed by atoms with E-state index >= 15 is 0 Å². The van der Waals surface area contributed by atoms with Gasteiger partial charge >= 0.3 is 0 Å². The third-order valence-electron chi connectivity index (χ3n) is 1.14. The molecule has 10 heavy (non-hydrogen) atoms. The summed E-state index contributed by atoms with van der Waals surface area (Å²) in [6.45, 7) is 1.59. The van der Waals surface area contributed by atoms with Crippen molar-refractivity contribution in [3.63, 3.8) is 0 Å². The van der Waals surface area contributed by atoms with Crippen LogP contribution in [0.4, 0.5) is 0 Å². The molecule has 0 aromatic carbocycles. The molecule has 3 heteroatoms. The van der Waals surface area contributed by atoms with Gasteiger partial charge in [0.25, 0.3) is 0 Å². The number of carbonyl (C=O) groups is 1. The molecule has 1 heterocycles. The first-order valence-corrected chi connectivity index (χ1v) is 4.83. The summed E-state index contributed by atoms with van der Waals surface area (Å²) in [5.74, 6) is 0.150. The summed E-state index contributed by atoms with van der Waals surface area (Å²) in [5.41, 5.74) is 0. The van der Waals surface area contributed by atoms with Gasteiger partial charge in [-0.05, 0) is 19.1 Å². The van der Waals surface area contributed by atoms with Crippen LogP contribution in [0.2, 0.25) is 0 Å². The Balaban J connectivity index is 2.88. The van der Waals surface area contributed by atoms with Crippen molar-refractivity contribution in [3.05, 3.63) is 21.9 Å². The Bertz CT molecular complexity index is 242. The zero-order valence-electron chi connectivity index (χ0n) is 5.56. The largest absolute Gasteiger partial charge is 0.294 e. The molecule has 0 aliphatic carbocycles. The molecule has 0 amide bonds. The number of rotatable bonds is 2. The number of ketones is 1. The molecule has 0 aliphatic heterocycles. The lowest BCUT2D eigenvalue weighted by Crippen LogP contribution is -1.83. The smallest absolute Gasteiger partial charge is 0.169 e. The van der Waals surface area contributed by atoms with E-state index in [1.165, 1.54) is 4.88 Å². The fourth-order valence-corrected chi connectivity index (χ4v) is 1.92. The highest BCUT2D eigenvalue weighted by molar-refractivity contribution is 9.08. The van der Waals surface area contributed by atoms with E-state index in [9.17, 15) is 4.79 Å². The molecular formula is C7H7BrOS. The van der Waals surface area contributed by atoms with Crippen molar-refractivity contribution in [1.29, 1.82) is 0 Å². The molecule has 0 unspecified atom stereocenters. The molecule has 0 radical (unpaired) electrons. The standard InChI is InChI=1S/C7H7BrOS/c1-5(9)7-3-2-6(4-8)10-7/h2-3H,4H2,1H3. The highest BCUT2D eigenvalue weighted by Gasteiger charge is 2.01. The number of halogens is 1. The molecule has 0 atom stereocenters. The Morgan fingerprint density at radius 3 is 2.70 bits per heavy atom. The minimum absolute atomic E-state index is 0.150. The van der Waals surface area contributed by atoms with Gasteiger partial charge in [-0.3, -0.25) is 4.79 Å². The number of Topliss-reactive ketones (excluding diaryl/α,β-unsaturated/α-hetero) is 1. The van der Waals surface area contributed by atoms with Crippen LogP contribution >= 0.6 is 27.3 Å². The van der Waals surface area contributed by atoms with Crippen molar-refractivity contribution >= 4 is 33.0 Å². The maximum atomic E-state index is 10.8. The SMILES string of the molecule is CC(=O)c1ccc(CBr)s1. The molecule has 0 N–H and O–H groups in total. The Morgan fingerprint density at radius 1 is 1.70 bits per heavy atom. The minimum atomic E-state index is 0.150.